The van der Waals surface area contributed by atoms with E-state index in [1.165, 1.54) is 0 Å². The minimum Gasteiger partial charge on any atom is -0.396 e. The van der Waals surface area contributed by atoms with Gasteiger partial charge in [-0.15, -0.1) is 0 Å². The molecule has 0 bridgehead atoms. The van der Waals surface area contributed by atoms with Crippen LogP contribution in [0.4, 0.5) is 0 Å². The van der Waals surface area contributed by atoms with E-state index < -0.39 is 17.9 Å². The topological polar surface area (TPSA) is 98.7 Å². The number of aliphatic hydroxyl groups excluding tert-OH is 1. The van der Waals surface area contributed by atoms with E-state index in [2.05, 4.69) is 17.6 Å². The first-order valence-electron chi connectivity index (χ1n) is 12.1. The van der Waals surface area contributed by atoms with Crippen molar-refractivity contribution < 1.29 is 19.5 Å². The van der Waals surface area contributed by atoms with Gasteiger partial charge in [-0.1, -0.05) is 51.7 Å². The lowest BCUT2D eigenvalue weighted by molar-refractivity contribution is -0.140. The molecule has 2 aliphatic rings. The Kier molecular flexibility index (Phi) is 10.5. The normalized spacial score (nSPS) is 27.3. The van der Waals surface area contributed by atoms with Crippen LogP contribution in [0, 0.1) is 23.7 Å². The highest BCUT2D eigenvalue weighted by Gasteiger charge is 2.56. The zero-order valence-corrected chi connectivity index (χ0v) is 19.4. The first kappa shape index (κ1) is 25.4. The lowest BCUT2D eigenvalue weighted by Crippen LogP contribution is -2.48. The van der Waals surface area contributed by atoms with E-state index in [4.69, 9.17) is 5.11 Å². The molecule has 0 aromatic rings. The molecule has 1 heterocycles. The van der Waals surface area contributed by atoms with Gasteiger partial charge in [0.25, 0.3) is 0 Å². The van der Waals surface area contributed by atoms with Gasteiger partial charge in [0.15, 0.2) is 0 Å². The van der Waals surface area contributed by atoms with Gasteiger partial charge in [0.2, 0.25) is 17.7 Å². The van der Waals surface area contributed by atoms with Crippen LogP contribution < -0.4 is 10.6 Å². The average Bonchev–Trinajstić information content (AvgIpc) is 3.07. The number of rotatable bonds is 13. The van der Waals surface area contributed by atoms with Crippen LogP contribution in [0.15, 0.2) is 12.2 Å². The van der Waals surface area contributed by atoms with Crippen molar-refractivity contribution >= 4 is 17.7 Å². The van der Waals surface area contributed by atoms with Crippen molar-refractivity contribution in [2.24, 2.45) is 23.7 Å². The van der Waals surface area contributed by atoms with E-state index in [0.29, 0.717) is 13.1 Å². The smallest absolute Gasteiger partial charge is 0.243 e. The maximum atomic E-state index is 13.5. The minimum atomic E-state index is -0.557. The Labute approximate surface area is 187 Å². The summed E-state index contributed by atoms with van der Waals surface area (Å²) in [4.78, 5) is 41.2. The molecule has 31 heavy (non-hydrogen) atoms. The van der Waals surface area contributed by atoms with Crippen LogP contribution in [-0.4, -0.2) is 60.5 Å². The number of amides is 3. The van der Waals surface area contributed by atoms with Gasteiger partial charge in [0.1, 0.15) is 6.04 Å². The second-order valence-electron chi connectivity index (χ2n) is 8.81. The van der Waals surface area contributed by atoms with E-state index in [0.717, 1.165) is 51.4 Å². The summed E-state index contributed by atoms with van der Waals surface area (Å²) in [6.07, 6.45) is 11.2. The van der Waals surface area contributed by atoms with Crippen LogP contribution in [0.1, 0.15) is 65.2 Å². The van der Waals surface area contributed by atoms with E-state index >= 15 is 0 Å². The summed E-state index contributed by atoms with van der Waals surface area (Å²) in [5.41, 5.74) is 0. The maximum Gasteiger partial charge on any atom is 0.243 e. The van der Waals surface area contributed by atoms with Gasteiger partial charge in [-0.2, -0.15) is 0 Å². The Morgan fingerprint density at radius 2 is 1.77 bits per heavy atom. The molecule has 1 aliphatic heterocycles. The number of hydrogen-bond acceptors (Lipinski definition) is 4. The highest BCUT2D eigenvalue weighted by molar-refractivity contribution is 5.96. The van der Waals surface area contributed by atoms with Gasteiger partial charge in [0.05, 0.1) is 11.8 Å². The quantitative estimate of drug-likeness (QED) is 0.305. The van der Waals surface area contributed by atoms with Crippen molar-refractivity contribution in [3.63, 3.8) is 0 Å². The number of likely N-dealkylation sites (tertiary alicyclic amines) is 1. The molecule has 1 fully saturated rings. The first-order valence-corrected chi connectivity index (χ1v) is 12.1. The van der Waals surface area contributed by atoms with Crippen molar-refractivity contribution in [2.45, 2.75) is 71.3 Å². The fourth-order valence-electron chi connectivity index (χ4n) is 5.09. The van der Waals surface area contributed by atoms with Crippen molar-refractivity contribution in [2.75, 3.05) is 26.7 Å². The Hall–Kier alpha value is -1.89. The van der Waals surface area contributed by atoms with Crippen molar-refractivity contribution in [3.8, 4) is 0 Å². The molecule has 0 saturated carbocycles. The predicted molar refractivity (Wildman–Crippen MR) is 121 cm³/mol. The molecule has 0 aromatic carbocycles. The fraction of sp³-hybridized carbons (Fsp3) is 0.792. The van der Waals surface area contributed by atoms with Gasteiger partial charge < -0.3 is 20.6 Å². The Morgan fingerprint density at radius 1 is 1.03 bits per heavy atom. The maximum absolute atomic E-state index is 13.5. The molecule has 3 N–H and O–H groups in total. The Morgan fingerprint density at radius 3 is 2.42 bits per heavy atom. The fourth-order valence-corrected chi connectivity index (χ4v) is 5.09. The molecule has 176 valence electrons. The first-order chi connectivity index (χ1) is 15.0. The Bertz CT molecular complexity index is 636. The monoisotopic (exact) mass is 435 g/mol. The lowest BCUT2D eigenvalue weighted by atomic mass is 9.69. The van der Waals surface area contributed by atoms with Gasteiger partial charge >= 0.3 is 0 Å². The summed E-state index contributed by atoms with van der Waals surface area (Å²) < 4.78 is 0. The lowest BCUT2D eigenvalue weighted by Gasteiger charge is -2.33. The number of carbonyl (C=O) groups is 3. The standard InChI is InChI=1S/C24H41N3O4/c1-4-6-9-14-26-23(30)21-18-13-12-17(5-2)19(22(29)25-3)20(18)24(31)27(21)15-10-7-8-11-16-28/h12-13,17-21,28H,4-11,14-16H2,1-3H3,(H,25,29)(H,26,30)/t17-,18+,19-,20+,21+/m1/s1. The zero-order valence-electron chi connectivity index (χ0n) is 19.4. The highest BCUT2D eigenvalue weighted by Crippen LogP contribution is 2.44. The molecule has 7 heteroatoms. The number of aliphatic hydroxyl groups is 1. The highest BCUT2D eigenvalue weighted by atomic mass is 16.3. The molecule has 0 aromatic heterocycles. The molecule has 5 atom stereocenters. The van der Waals surface area contributed by atoms with Crippen molar-refractivity contribution in [3.05, 3.63) is 12.2 Å². The SMILES string of the molecule is CCCCCNC(=O)[C@@H]1[C@H]2C=C[C@@H](CC)[C@@H](C(=O)NC)[C@H]2C(=O)N1CCCCCCO. The summed E-state index contributed by atoms with van der Waals surface area (Å²) in [5.74, 6) is -1.50. The van der Waals surface area contributed by atoms with Crippen LogP contribution in [0.5, 0.6) is 0 Å². The second kappa shape index (κ2) is 12.8. The third-order valence-corrected chi connectivity index (χ3v) is 6.79. The van der Waals surface area contributed by atoms with Crippen LogP contribution in [-0.2, 0) is 14.4 Å². The third kappa shape index (κ3) is 6.09. The molecule has 0 unspecified atom stereocenters. The van der Waals surface area contributed by atoms with Gasteiger partial charge in [0, 0.05) is 32.7 Å². The van der Waals surface area contributed by atoms with Gasteiger partial charge in [-0.05, 0) is 31.6 Å². The van der Waals surface area contributed by atoms with E-state index in [1.54, 1.807) is 11.9 Å². The van der Waals surface area contributed by atoms with E-state index in [9.17, 15) is 14.4 Å². The molecule has 1 saturated heterocycles. The van der Waals surface area contributed by atoms with Crippen LogP contribution >= 0.6 is 0 Å². The van der Waals surface area contributed by atoms with Crippen LogP contribution in [0.3, 0.4) is 0 Å². The van der Waals surface area contributed by atoms with Crippen LogP contribution in [0.25, 0.3) is 0 Å². The molecule has 2 rings (SSSR count). The second-order valence-corrected chi connectivity index (χ2v) is 8.81. The largest absolute Gasteiger partial charge is 0.396 e. The number of fused-ring (bicyclic) bond motifs is 1. The molecule has 7 nitrogen and oxygen atoms in total. The van der Waals surface area contributed by atoms with Gasteiger partial charge in [-0.25, -0.2) is 0 Å². The minimum absolute atomic E-state index is 0.00270. The Balaban J connectivity index is 2.23. The van der Waals surface area contributed by atoms with E-state index in [1.807, 2.05) is 19.1 Å². The van der Waals surface area contributed by atoms with Crippen molar-refractivity contribution in [1.29, 1.82) is 0 Å². The molecular weight excluding hydrogens is 394 g/mol. The summed E-state index contributed by atoms with van der Waals surface area (Å²) in [5, 5.41) is 14.8. The molecule has 3 amide bonds. The molecule has 0 radical (unpaired) electrons. The number of nitrogens with one attached hydrogen (secondary N) is 2. The van der Waals surface area contributed by atoms with Gasteiger partial charge in [-0.3, -0.25) is 14.4 Å². The summed E-state index contributed by atoms with van der Waals surface area (Å²) in [6, 6.07) is -0.557. The average molecular weight is 436 g/mol. The summed E-state index contributed by atoms with van der Waals surface area (Å²) in [6.45, 7) is 5.44. The number of nitrogens with zero attached hydrogens (tertiary/aromatic N) is 1. The summed E-state index contributed by atoms with van der Waals surface area (Å²) in [7, 11) is 1.61. The zero-order chi connectivity index (χ0) is 22.8. The third-order valence-electron chi connectivity index (χ3n) is 6.79. The van der Waals surface area contributed by atoms with Crippen LogP contribution in [0.2, 0.25) is 0 Å². The molecule has 1 aliphatic carbocycles. The molecular formula is C24H41N3O4. The summed E-state index contributed by atoms with van der Waals surface area (Å²) >= 11 is 0. The number of unbranched alkanes of at least 4 members (excludes halogenated alkanes) is 5. The van der Waals surface area contributed by atoms with E-state index in [-0.39, 0.29) is 36.2 Å². The number of carbonyl (C=O) groups excluding carboxylic acids is 3. The molecule has 0 spiro atoms. The predicted octanol–water partition coefficient (Wildman–Crippen LogP) is 2.25. The van der Waals surface area contributed by atoms with Crippen molar-refractivity contribution in [1.82, 2.24) is 15.5 Å². The number of hydrogen-bond donors (Lipinski definition) is 3. The number of allylic oxidation sites excluding steroid dienone is 1.